The van der Waals surface area contributed by atoms with Crippen LogP contribution in [0.5, 0.6) is 0 Å². The SMILES string of the molecule is O=C1NC(=O)N(C2CCCCC2)C(=O)C1=Cc1ccc(N2CCCC2)cc1F. The number of nitrogens with one attached hydrogen (secondary N) is 1. The van der Waals surface area contributed by atoms with Crippen LogP contribution in [-0.2, 0) is 9.59 Å². The smallest absolute Gasteiger partial charge is 0.331 e. The van der Waals surface area contributed by atoms with E-state index in [-0.39, 0.29) is 17.2 Å². The fourth-order valence-corrected chi connectivity index (χ4v) is 4.30. The topological polar surface area (TPSA) is 69.7 Å². The summed E-state index contributed by atoms with van der Waals surface area (Å²) in [5.41, 5.74) is 0.771. The predicted molar refractivity (Wildman–Crippen MR) is 103 cm³/mol. The highest BCUT2D eigenvalue weighted by atomic mass is 19.1. The summed E-state index contributed by atoms with van der Waals surface area (Å²) >= 11 is 0. The van der Waals surface area contributed by atoms with Gasteiger partial charge in [-0.15, -0.1) is 0 Å². The number of anilines is 1. The zero-order valence-electron chi connectivity index (χ0n) is 15.7. The van der Waals surface area contributed by atoms with Gasteiger partial charge < -0.3 is 4.90 Å². The number of carbonyl (C=O) groups is 3. The van der Waals surface area contributed by atoms with Crippen molar-refractivity contribution in [3.05, 3.63) is 35.2 Å². The second kappa shape index (κ2) is 7.73. The normalized spacial score (nSPS) is 22.9. The van der Waals surface area contributed by atoms with Crippen LogP contribution >= 0.6 is 0 Å². The molecule has 0 bridgehead atoms. The lowest BCUT2D eigenvalue weighted by molar-refractivity contribution is -0.132. The molecule has 3 fully saturated rings. The maximum Gasteiger partial charge on any atom is 0.331 e. The summed E-state index contributed by atoms with van der Waals surface area (Å²) in [5.74, 6) is -1.90. The molecular formula is C21H24FN3O3. The number of rotatable bonds is 3. The highest BCUT2D eigenvalue weighted by Crippen LogP contribution is 2.28. The third-order valence-electron chi connectivity index (χ3n) is 5.83. The molecule has 2 aliphatic heterocycles. The Morgan fingerprint density at radius 1 is 1.00 bits per heavy atom. The van der Waals surface area contributed by atoms with Crippen LogP contribution < -0.4 is 10.2 Å². The molecule has 148 valence electrons. The van der Waals surface area contributed by atoms with Gasteiger partial charge in [-0.3, -0.25) is 19.8 Å². The van der Waals surface area contributed by atoms with E-state index in [0.717, 1.165) is 68.6 Å². The number of benzene rings is 1. The van der Waals surface area contributed by atoms with Gasteiger partial charge in [0.15, 0.2) is 0 Å². The Balaban J connectivity index is 1.61. The Morgan fingerprint density at radius 2 is 1.71 bits per heavy atom. The van der Waals surface area contributed by atoms with E-state index in [4.69, 9.17) is 0 Å². The van der Waals surface area contributed by atoms with Crippen molar-refractivity contribution >= 4 is 29.6 Å². The van der Waals surface area contributed by atoms with Crippen molar-refractivity contribution in [1.29, 1.82) is 0 Å². The molecule has 1 aliphatic carbocycles. The van der Waals surface area contributed by atoms with Gasteiger partial charge in [0, 0.05) is 30.4 Å². The molecule has 2 saturated heterocycles. The summed E-state index contributed by atoms with van der Waals surface area (Å²) in [6.45, 7) is 1.80. The summed E-state index contributed by atoms with van der Waals surface area (Å²) in [5, 5.41) is 2.23. The lowest BCUT2D eigenvalue weighted by Gasteiger charge is -2.35. The molecule has 3 aliphatic rings. The van der Waals surface area contributed by atoms with E-state index in [1.54, 1.807) is 12.1 Å². The highest BCUT2D eigenvalue weighted by molar-refractivity contribution is 6.31. The number of halogens is 1. The van der Waals surface area contributed by atoms with E-state index < -0.39 is 23.7 Å². The van der Waals surface area contributed by atoms with Gasteiger partial charge >= 0.3 is 6.03 Å². The van der Waals surface area contributed by atoms with Crippen LogP contribution in [0.25, 0.3) is 6.08 Å². The minimum absolute atomic E-state index is 0.166. The standard InChI is InChI=1S/C21H24FN3O3/c22-18-13-16(24-10-4-5-11-24)9-8-14(18)12-17-19(26)23-21(28)25(20(17)27)15-6-2-1-3-7-15/h8-9,12-13,15H,1-7,10-11H2,(H,23,26,28). The molecule has 0 atom stereocenters. The van der Waals surface area contributed by atoms with Crippen molar-refractivity contribution in [2.45, 2.75) is 51.0 Å². The number of carbonyl (C=O) groups excluding carboxylic acids is 3. The van der Waals surface area contributed by atoms with Gasteiger partial charge in [0.25, 0.3) is 11.8 Å². The van der Waals surface area contributed by atoms with Crippen LogP contribution in [0.1, 0.15) is 50.5 Å². The van der Waals surface area contributed by atoms with Gasteiger partial charge in [-0.05, 0) is 50.0 Å². The molecule has 0 unspecified atom stereocenters. The van der Waals surface area contributed by atoms with Gasteiger partial charge in [-0.25, -0.2) is 9.18 Å². The van der Waals surface area contributed by atoms with Crippen molar-refractivity contribution < 1.29 is 18.8 Å². The first-order chi connectivity index (χ1) is 13.5. The number of urea groups is 1. The fraction of sp³-hybridized carbons (Fsp3) is 0.476. The minimum atomic E-state index is -0.773. The minimum Gasteiger partial charge on any atom is -0.371 e. The van der Waals surface area contributed by atoms with Crippen LogP contribution in [0.3, 0.4) is 0 Å². The van der Waals surface area contributed by atoms with Gasteiger partial charge in [-0.2, -0.15) is 0 Å². The predicted octanol–water partition coefficient (Wildman–Crippen LogP) is 3.22. The molecule has 0 radical (unpaired) electrons. The molecular weight excluding hydrogens is 361 g/mol. The second-order valence-electron chi connectivity index (χ2n) is 7.68. The summed E-state index contributed by atoms with van der Waals surface area (Å²) in [4.78, 5) is 40.6. The Morgan fingerprint density at radius 3 is 2.39 bits per heavy atom. The average Bonchev–Trinajstić information content (AvgIpc) is 3.21. The first kappa shape index (κ1) is 18.7. The van der Waals surface area contributed by atoms with Crippen LogP contribution in [-0.4, -0.2) is 41.9 Å². The quantitative estimate of drug-likeness (QED) is 0.641. The van der Waals surface area contributed by atoms with Crippen LogP contribution in [0, 0.1) is 5.82 Å². The average molecular weight is 385 g/mol. The second-order valence-corrected chi connectivity index (χ2v) is 7.68. The van der Waals surface area contributed by atoms with Gasteiger partial charge in [0.05, 0.1) is 0 Å². The van der Waals surface area contributed by atoms with E-state index >= 15 is 0 Å². The van der Waals surface area contributed by atoms with E-state index in [2.05, 4.69) is 10.2 Å². The number of hydrogen-bond donors (Lipinski definition) is 1. The number of hydrogen-bond acceptors (Lipinski definition) is 4. The molecule has 1 N–H and O–H groups in total. The van der Waals surface area contributed by atoms with Crippen LogP contribution in [0.4, 0.5) is 14.9 Å². The Labute approximate surface area is 163 Å². The summed E-state index contributed by atoms with van der Waals surface area (Å²) in [7, 11) is 0. The van der Waals surface area contributed by atoms with Crippen molar-refractivity contribution in [3.63, 3.8) is 0 Å². The molecule has 0 spiro atoms. The van der Waals surface area contributed by atoms with Crippen LogP contribution in [0.2, 0.25) is 0 Å². The third-order valence-corrected chi connectivity index (χ3v) is 5.83. The van der Waals surface area contributed by atoms with Crippen molar-refractivity contribution in [3.8, 4) is 0 Å². The van der Waals surface area contributed by atoms with Gasteiger partial charge in [0.1, 0.15) is 11.4 Å². The molecule has 4 rings (SSSR count). The largest absolute Gasteiger partial charge is 0.371 e. The van der Waals surface area contributed by atoms with Crippen molar-refractivity contribution in [2.24, 2.45) is 0 Å². The third kappa shape index (κ3) is 3.53. The molecule has 1 aromatic rings. The lowest BCUT2D eigenvalue weighted by atomic mass is 9.93. The Bertz CT molecular complexity index is 839. The first-order valence-corrected chi connectivity index (χ1v) is 9.99. The summed E-state index contributed by atoms with van der Waals surface area (Å²) < 4.78 is 14.6. The monoisotopic (exact) mass is 385 g/mol. The zero-order chi connectivity index (χ0) is 19.7. The van der Waals surface area contributed by atoms with E-state index in [9.17, 15) is 18.8 Å². The summed E-state index contributed by atoms with van der Waals surface area (Å²) in [6.07, 6.45) is 7.88. The number of amides is 4. The highest BCUT2D eigenvalue weighted by Gasteiger charge is 2.40. The molecule has 1 saturated carbocycles. The van der Waals surface area contributed by atoms with E-state index in [1.807, 2.05) is 0 Å². The zero-order valence-corrected chi connectivity index (χ0v) is 15.7. The van der Waals surface area contributed by atoms with E-state index in [1.165, 1.54) is 12.1 Å². The number of nitrogens with zero attached hydrogens (tertiary/aromatic N) is 2. The molecule has 7 heteroatoms. The number of imide groups is 2. The molecule has 1 aromatic carbocycles. The Kier molecular flexibility index (Phi) is 5.15. The lowest BCUT2D eigenvalue weighted by Crippen LogP contribution is -2.58. The molecule has 2 heterocycles. The van der Waals surface area contributed by atoms with Crippen molar-refractivity contribution in [1.82, 2.24) is 10.2 Å². The maximum absolute atomic E-state index is 14.6. The molecule has 6 nitrogen and oxygen atoms in total. The van der Waals surface area contributed by atoms with Crippen molar-refractivity contribution in [2.75, 3.05) is 18.0 Å². The van der Waals surface area contributed by atoms with Crippen LogP contribution in [0.15, 0.2) is 23.8 Å². The number of barbiturate groups is 1. The summed E-state index contributed by atoms with van der Waals surface area (Å²) in [6, 6.07) is 3.94. The van der Waals surface area contributed by atoms with E-state index in [0.29, 0.717) is 0 Å². The van der Waals surface area contributed by atoms with Gasteiger partial charge in [-0.1, -0.05) is 19.3 Å². The molecule has 4 amide bonds. The molecule has 28 heavy (non-hydrogen) atoms. The first-order valence-electron chi connectivity index (χ1n) is 9.99. The Hall–Kier alpha value is -2.70. The maximum atomic E-state index is 14.6. The fourth-order valence-electron chi connectivity index (χ4n) is 4.30. The van der Waals surface area contributed by atoms with Gasteiger partial charge in [0.2, 0.25) is 0 Å². The molecule has 0 aromatic heterocycles.